The molecule has 3 N–H and O–H groups in total. The molecule has 0 aliphatic carbocycles. The Bertz CT molecular complexity index is 513. The van der Waals surface area contributed by atoms with Crippen molar-refractivity contribution >= 4 is 33.9 Å². The molecule has 0 radical (unpaired) electrons. The van der Waals surface area contributed by atoms with Crippen molar-refractivity contribution in [2.75, 3.05) is 0 Å². The van der Waals surface area contributed by atoms with E-state index in [0.717, 1.165) is 10.5 Å². The van der Waals surface area contributed by atoms with Crippen LogP contribution in [0.2, 0.25) is 0 Å². The lowest BCUT2D eigenvalue weighted by atomic mass is 10.2. The molecule has 102 valence electrons. The van der Waals surface area contributed by atoms with E-state index in [0.29, 0.717) is 17.7 Å². The Balaban J connectivity index is 2.95. The molecule has 0 aliphatic rings. The number of carbonyl (C=O) groups is 2. The molecule has 6 heteroatoms. The van der Waals surface area contributed by atoms with Gasteiger partial charge in [-0.05, 0) is 36.3 Å². The maximum Gasteiger partial charge on any atom is 0.328 e. The summed E-state index contributed by atoms with van der Waals surface area (Å²) in [5.41, 5.74) is 5.83. The van der Waals surface area contributed by atoms with Crippen LogP contribution >= 0.6 is 15.9 Å². The molecule has 1 atom stereocenters. The zero-order valence-corrected chi connectivity index (χ0v) is 11.9. The number of rotatable bonds is 6. The third-order valence-corrected chi connectivity index (χ3v) is 3.06. The molecule has 0 spiro atoms. The Morgan fingerprint density at radius 2 is 2.21 bits per heavy atom. The predicted octanol–water partition coefficient (Wildman–Crippen LogP) is 2.19. The summed E-state index contributed by atoms with van der Waals surface area (Å²) in [7, 11) is 0. The Morgan fingerprint density at radius 3 is 2.74 bits per heavy atom. The fraction of sp³-hybridized carbons (Fsp3) is 0.231. The first-order valence-corrected chi connectivity index (χ1v) is 6.40. The van der Waals surface area contributed by atoms with E-state index in [9.17, 15) is 9.59 Å². The standard InChI is InChI=1S/C13H14BrNO4/c1-2-11(13(15)18)19-9-4-5-10(14)8(7-9)3-6-12(16)17/h3-7,11H,2H2,1H3,(H2,15,18)(H,16,17)/b6-3+. The molecule has 1 unspecified atom stereocenters. The number of hydrogen-bond acceptors (Lipinski definition) is 3. The minimum atomic E-state index is -1.04. The van der Waals surface area contributed by atoms with Gasteiger partial charge in [0, 0.05) is 10.5 Å². The van der Waals surface area contributed by atoms with E-state index >= 15 is 0 Å². The summed E-state index contributed by atoms with van der Waals surface area (Å²) in [6.45, 7) is 1.79. The molecule has 19 heavy (non-hydrogen) atoms. The predicted molar refractivity (Wildman–Crippen MR) is 74.7 cm³/mol. The largest absolute Gasteiger partial charge is 0.481 e. The third-order valence-electron chi connectivity index (χ3n) is 2.34. The number of carboxylic acid groups (broad SMARTS) is 1. The summed E-state index contributed by atoms with van der Waals surface area (Å²) in [5.74, 6) is -1.12. The molecule has 0 aliphatic heterocycles. The second-order valence-corrected chi connectivity index (χ2v) is 4.63. The number of hydrogen-bond donors (Lipinski definition) is 2. The maximum absolute atomic E-state index is 11.1. The Labute approximate surface area is 119 Å². The Hall–Kier alpha value is -1.82. The number of halogens is 1. The second-order valence-electron chi connectivity index (χ2n) is 3.77. The topological polar surface area (TPSA) is 89.6 Å². The molecule has 0 saturated carbocycles. The van der Waals surface area contributed by atoms with E-state index in [1.54, 1.807) is 25.1 Å². The smallest absolute Gasteiger partial charge is 0.328 e. The van der Waals surface area contributed by atoms with Gasteiger partial charge in [-0.3, -0.25) is 4.79 Å². The number of aliphatic carboxylic acids is 1. The van der Waals surface area contributed by atoms with Crippen molar-refractivity contribution < 1.29 is 19.4 Å². The maximum atomic E-state index is 11.1. The highest BCUT2D eigenvalue weighted by Crippen LogP contribution is 2.24. The molecule has 0 fully saturated rings. The van der Waals surface area contributed by atoms with Gasteiger partial charge in [-0.25, -0.2) is 4.79 Å². The van der Waals surface area contributed by atoms with Crippen LogP contribution < -0.4 is 10.5 Å². The van der Waals surface area contributed by atoms with Gasteiger partial charge < -0.3 is 15.6 Å². The second kappa shape index (κ2) is 6.94. The highest BCUT2D eigenvalue weighted by atomic mass is 79.9. The summed E-state index contributed by atoms with van der Waals surface area (Å²) in [4.78, 5) is 21.6. The van der Waals surface area contributed by atoms with Gasteiger partial charge in [-0.1, -0.05) is 22.9 Å². The minimum absolute atomic E-state index is 0.457. The van der Waals surface area contributed by atoms with Gasteiger partial charge in [-0.2, -0.15) is 0 Å². The van der Waals surface area contributed by atoms with E-state index in [-0.39, 0.29) is 0 Å². The van der Waals surface area contributed by atoms with Gasteiger partial charge in [0.25, 0.3) is 5.91 Å². The van der Waals surface area contributed by atoms with Crippen molar-refractivity contribution in [2.24, 2.45) is 5.73 Å². The normalized spacial score (nSPS) is 12.3. The average Bonchev–Trinajstić information content (AvgIpc) is 2.35. The van der Waals surface area contributed by atoms with E-state index in [4.69, 9.17) is 15.6 Å². The Morgan fingerprint density at radius 1 is 1.53 bits per heavy atom. The van der Waals surface area contributed by atoms with Crippen molar-refractivity contribution in [3.05, 3.63) is 34.3 Å². The van der Waals surface area contributed by atoms with Crippen molar-refractivity contribution in [3.8, 4) is 5.75 Å². The average molecular weight is 328 g/mol. The molecule has 1 aromatic rings. The van der Waals surface area contributed by atoms with Crippen LogP contribution in [0, 0.1) is 0 Å². The number of carboxylic acids is 1. The third kappa shape index (κ3) is 4.75. The first-order chi connectivity index (χ1) is 8.93. The van der Waals surface area contributed by atoms with Crippen molar-refractivity contribution in [3.63, 3.8) is 0 Å². The van der Waals surface area contributed by atoms with Crippen LogP contribution in [0.4, 0.5) is 0 Å². The van der Waals surface area contributed by atoms with Crippen LogP contribution in [-0.4, -0.2) is 23.1 Å². The molecular formula is C13H14BrNO4. The van der Waals surface area contributed by atoms with E-state index in [1.807, 2.05) is 0 Å². The van der Waals surface area contributed by atoms with E-state index < -0.39 is 18.0 Å². The first kappa shape index (κ1) is 15.2. The molecule has 0 aromatic heterocycles. The molecular weight excluding hydrogens is 314 g/mol. The van der Waals surface area contributed by atoms with Crippen molar-refractivity contribution in [2.45, 2.75) is 19.4 Å². The zero-order chi connectivity index (χ0) is 14.4. The van der Waals surface area contributed by atoms with Gasteiger partial charge in [0.2, 0.25) is 0 Å². The Kier molecular flexibility index (Phi) is 5.57. The number of ether oxygens (including phenoxy) is 1. The summed E-state index contributed by atoms with van der Waals surface area (Å²) < 4.78 is 6.18. The molecule has 1 aromatic carbocycles. The molecule has 1 rings (SSSR count). The van der Waals surface area contributed by atoms with E-state index in [2.05, 4.69) is 15.9 Å². The van der Waals surface area contributed by atoms with Crippen LogP contribution in [0.5, 0.6) is 5.75 Å². The zero-order valence-electron chi connectivity index (χ0n) is 10.3. The highest BCUT2D eigenvalue weighted by Gasteiger charge is 2.14. The molecule has 0 bridgehead atoms. The lowest BCUT2D eigenvalue weighted by Gasteiger charge is -2.14. The summed E-state index contributed by atoms with van der Waals surface area (Å²) in [6, 6.07) is 5.02. The fourth-order valence-electron chi connectivity index (χ4n) is 1.39. The van der Waals surface area contributed by atoms with Gasteiger partial charge in [0.15, 0.2) is 6.10 Å². The van der Waals surface area contributed by atoms with Crippen LogP contribution in [0.15, 0.2) is 28.7 Å². The number of amides is 1. The van der Waals surface area contributed by atoms with Crippen molar-refractivity contribution in [1.29, 1.82) is 0 Å². The quantitative estimate of drug-likeness (QED) is 0.783. The van der Waals surface area contributed by atoms with Crippen LogP contribution in [0.25, 0.3) is 6.08 Å². The number of primary amides is 1. The van der Waals surface area contributed by atoms with Gasteiger partial charge in [0.1, 0.15) is 5.75 Å². The SMILES string of the molecule is CCC(Oc1ccc(Br)c(/C=C/C(=O)O)c1)C(N)=O. The van der Waals surface area contributed by atoms with Gasteiger partial charge in [-0.15, -0.1) is 0 Å². The monoisotopic (exact) mass is 327 g/mol. The summed E-state index contributed by atoms with van der Waals surface area (Å²) in [6.07, 6.45) is 2.23. The summed E-state index contributed by atoms with van der Waals surface area (Å²) >= 11 is 3.30. The van der Waals surface area contributed by atoms with Gasteiger partial charge >= 0.3 is 5.97 Å². The van der Waals surface area contributed by atoms with Crippen LogP contribution in [0.1, 0.15) is 18.9 Å². The van der Waals surface area contributed by atoms with Crippen LogP contribution in [-0.2, 0) is 9.59 Å². The number of carbonyl (C=O) groups excluding carboxylic acids is 1. The lowest BCUT2D eigenvalue weighted by Crippen LogP contribution is -2.32. The van der Waals surface area contributed by atoms with Gasteiger partial charge in [0.05, 0.1) is 0 Å². The molecule has 1 amide bonds. The lowest BCUT2D eigenvalue weighted by molar-refractivity contribution is -0.131. The number of benzene rings is 1. The van der Waals surface area contributed by atoms with E-state index in [1.165, 1.54) is 6.08 Å². The van der Waals surface area contributed by atoms with Crippen molar-refractivity contribution in [1.82, 2.24) is 0 Å². The molecule has 0 saturated heterocycles. The minimum Gasteiger partial charge on any atom is -0.481 e. The fourth-order valence-corrected chi connectivity index (χ4v) is 1.77. The number of nitrogens with two attached hydrogens (primary N) is 1. The summed E-state index contributed by atoms with van der Waals surface area (Å²) in [5, 5.41) is 8.60. The molecule has 5 nitrogen and oxygen atoms in total. The molecule has 0 heterocycles. The first-order valence-electron chi connectivity index (χ1n) is 5.60. The highest BCUT2D eigenvalue weighted by molar-refractivity contribution is 9.10. The van der Waals surface area contributed by atoms with Crippen LogP contribution in [0.3, 0.4) is 0 Å².